The molecule has 0 heterocycles. The molecular formula is C32H30O5. The molecule has 0 N–H and O–H groups in total. The summed E-state index contributed by atoms with van der Waals surface area (Å²) in [6, 6.07) is 31.5. The summed E-state index contributed by atoms with van der Waals surface area (Å²) in [5, 5.41) is 0. The van der Waals surface area contributed by atoms with Crippen LogP contribution >= 0.6 is 0 Å². The molecule has 0 saturated heterocycles. The summed E-state index contributed by atoms with van der Waals surface area (Å²) in [5.41, 5.74) is 7.96. The summed E-state index contributed by atoms with van der Waals surface area (Å²) in [6.45, 7) is 0.997. The van der Waals surface area contributed by atoms with Crippen molar-refractivity contribution in [2.75, 3.05) is 14.2 Å². The van der Waals surface area contributed by atoms with E-state index in [4.69, 9.17) is 14.2 Å². The lowest BCUT2D eigenvalue weighted by Gasteiger charge is -2.13. The Balaban J connectivity index is 1.39. The van der Waals surface area contributed by atoms with Gasteiger partial charge in [-0.3, -0.25) is 0 Å². The van der Waals surface area contributed by atoms with E-state index in [1.807, 2.05) is 48.5 Å². The highest BCUT2D eigenvalue weighted by Crippen LogP contribution is 2.20. The Labute approximate surface area is 217 Å². The first-order valence-corrected chi connectivity index (χ1v) is 12.1. The second-order valence-corrected chi connectivity index (χ2v) is 8.76. The van der Waals surface area contributed by atoms with E-state index in [0.29, 0.717) is 24.3 Å². The van der Waals surface area contributed by atoms with Crippen molar-refractivity contribution in [3.63, 3.8) is 0 Å². The minimum absolute atomic E-state index is 0.334. The molecule has 5 nitrogen and oxygen atoms in total. The second kappa shape index (κ2) is 12.7. The van der Waals surface area contributed by atoms with Crippen molar-refractivity contribution >= 4 is 11.9 Å². The Kier molecular flexibility index (Phi) is 8.84. The fourth-order valence-electron chi connectivity index (χ4n) is 4.21. The highest BCUT2D eigenvalue weighted by Gasteiger charge is 2.09. The molecule has 0 saturated carbocycles. The zero-order valence-corrected chi connectivity index (χ0v) is 21.1. The van der Waals surface area contributed by atoms with Gasteiger partial charge in [-0.25, -0.2) is 9.59 Å². The van der Waals surface area contributed by atoms with E-state index >= 15 is 0 Å². The van der Waals surface area contributed by atoms with Gasteiger partial charge in [0.25, 0.3) is 0 Å². The van der Waals surface area contributed by atoms with Gasteiger partial charge in [0.1, 0.15) is 0 Å². The molecule has 0 atom stereocenters. The zero-order valence-electron chi connectivity index (χ0n) is 21.1. The highest BCUT2D eigenvalue weighted by molar-refractivity contribution is 5.89. The minimum Gasteiger partial charge on any atom is -0.465 e. The molecule has 37 heavy (non-hydrogen) atoms. The first-order chi connectivity index (χ1) is 18.1. The maximum Gasteiger partial charge on any atom is 0.337 e. The van der Waals surface area contributed by atoms with E-state index in [2.05, 4.69) is 24.3 Å². The lowest BCUT2D eigenvalue weighted by atomic mass is 9.99. The summed E-state index contributed by atoms with van der Waals surface area (Å²) in [7, 11) is 2.77. The number of carbonyl (C=O) groups excluding carboxylic acids is 2. The summed E-state index contributed by atoms with van der Waals surface area (Å²) < 4.78 is 15.7. The van der Waals surface area contributed by atoms with Gasteiger partial charge in [-0.15, -0.1) is 0 Å². The maximum atomic E-state index is 11.7. The molecule has 0 bridgehead atoms. The average molecular weight is 495 g/mol. The van der Waals surface area contributed by atoms with E-state index in [0.717, 1.165) is 35.1 Å². The number of methoxy groups -OCH3 is 2. The lowest BCUT2D eigenvalue weighted by Crippen LogP contribution is -2.03. The van der Waals surface area contributed by atoms with Gasteiger partial charge in [-0.1, -0.05) is 72.8 Å². The van der Waals surface area contributed by atoms with Gasteiger partial charge < -0.3 is 14.2 Å². The molecule has 4 aromatic carbocycles. The van der Waals surface area contributed by atoms with Gasteiger partial charge >= 0.3 is 11.9 Å². The Morgan fingerprint density at radius 3 is 1.22 bits per heavy atom. The predicted octanol–water partition coefficient (Wildman–Crippen LogP) is 6.16. The second-order valence-electron chi connectivity index (χ2n) is 8.76. The van der Waals surface area contributed by atoms with E-state index in [1.54, 1.807) is 24.3 Å². The molecule has 0 amide bonds. The summed E-state index contributed by atoms with van der Waals surface area (Å²) >= 11 is 0. The molecule has 0 radical (unpaired) electrons. The smallest absolute Gasteiger partial charge is 0.337 e. The molecule has 0 spiro atoms. The fraction of sp³-hybridized carbons (Fsp3) is 0.188. The van der Waals surface area contributed by atoms with Crippen LogP contribution in [0.4, 0.5) is 0 Å². The van der Waals surface area contributed by atoms with Crippen molar-refractivity contribution in [2.24, 2.45) is 0 Å². The zero-order chi connectivity index (χ0) is 26.0. The minimum atomic E-state index is -0.334. The van der Waals surface area contributed by atoms with Gasteiger partial charge in [-0.2, -0.15) is 0 Å². The van der Waals surface area contributed by atoms with Crippen molar-refractivity contribution < 1.29 is 23.8 Å². The Bertz CT molecular complexity index is 1240. The van der Waals surface area contributed by atoms with Crippen LogP contribution in [0.15, 0.2) is 97.1 Å². The normalized spacial score (nSPS) is 10.6. The average Bonchev–Trinajstić information content (AvgIpc) is 2.95. The van der Waals surface area contributed by atoms with Crippen LogP contribution in [0.3, 0.4) is 0 Å². The number of benzene rings is 4. The van der Waals surface area contributed by atoms with Gasteiger partial charge in [0.15, 0.2) is 0 Å². The molecule has 0 aliphatic heterocycles. The van der Waals surface area contributed by atoms with Crippen LogP contribution in [0.5, 0.6) is 0 Å². The van der Waals surface area contributed by atoms with Crippen LogP contribution in [0.25, 0.3) is 0 Å². The van der Waals surface area contributed by atoms with Crippen LogP contribution in [-0.2, 0) is 40.3 Å². The van der Waals surface area contributed by atoms with Crippen molar-refractivity contribution in [3.8, 4) is 0 Å². The lowest BCUT2D eigenvalue weighted by molar-refractivity contribution is 0.0592. The van der Waals surface area contributed by atoms with Gasteiger partial charge in [0.2, 0.25) is 0 Å². The van der Waals surface area contributed by atoms with Crippen LogP contribution in [0, 0.1) is 0 Å². The van der Waals surface area contributed by atoms with Crippen LogP contribution in [0.2, 0.25) is 0 Å². The molecule has 0 aromatic heterocycles. The highest BCUT2D eigenvalue weighted by atomic mass is 16.5. The van der Waals surface area contributed by atoms with E-state index < -0.39 is 0 Å². The number of hydrogen-bond donors (Lipinski definition) is 0. The van der Waals surface area contributed by atoms with Crippen LogP contribution in [0.1, 0.15) is 54.1 Å². The van der Waals surface area contributed by atoms with E-state index in [1.165, 1.54) is 25.3 Å². The molecule has 0 unspecified atom stereocenters. The van der Waals surface area contributed by atoms with Gasteiger partial charge in [0, 0.05) is 0 Å². The number of rotatable bonds is 10. The number of carbonyl (C=O) groups is 2. The molecule has 5 heteroatoms. The SMILES string of the molecule is COC(=O)c1ccc(Cc2ccccc2COCc2ccccc2Cc2ccc(C(=O)OC)cc2)cc1. The predicted molar refractivity (Wildman–Crippen MR) is 143 cm³/mol. The van der Waals surface area contributed by atoms with Gasteiger partial charge in [-0.05, 0) is 70.5 Å². The molecule has 0 fully saturated rings. The summed E-state index contributed by atoms with van der Waals surface area (Å²) in [5.74, 6) is -0.669. The van der Waals surface area contributed by atoms with Crippen LogP contribution < -0.4 is 0 Å². The quantitative estimate of drug-likeness (QED) is 0.247. The maximum absolute atomic E-state index is 11.7. The monoisotopic (exact) mass is 494 g/mol. The number of esters is 2. The van der Waals surface area contributed by atoms with Gasteiger partial charge in [0.05, 0.1) is 38.6 Å². The Hall–Kier alpha value is -4.22. The molecule has 4 aromatic rings. The first kappa shape index (κ1) is 25.9. The topological polar surface area (TPSA) is 61.8 Å². The molecule has 0 aliphatic carbocycles. The fourth-order valence-corrected chi connectivity index (χ4v) is 4.21. The largest absolute Gasteiger partial charge is 0.465 e. The summed E-state index contributed by atoms with van der Waals surface area (Å²) in [6.07, 6.45) is 1.50. The third-order valence-electron chi connectivity index (χ3n) is 6.29. The van der Waals surface area contributed by atoms with Crippen molar-refractivity contribution in [1.29, 1.82) is 0 Å². The third-order valence-corrected chi connectivity index (χ3v) is 6.29. The Morgan fingerprint density at radius 2 is 0.865 bits per heavy atom. The molecule has 4 rings (SSSR count). The molecule has 0 aliphatic rings. The summed E-state index contributed by atoms with van der Waals surface area (Å²) in [4.78, 5) is 23.4. The molecule has 188 valence electrons. The standard InChI is InChI=1S/C32H30O5/c1-35-31(33)25-15-11-23(12-16-25)19-27-7-3-5-9-29(27)21-37-22-30-10-6-4-8-28(30)20-24-13-17-26(18-14-24)32(34)36-2/h3-18H,19-22H2,1-2H3. The molecular weight excluding hydrogens is 464 g/mol. The number of ether oxygens (including phenoxy) is 3. The number of hydrogen-bond acceptors (Lipinski definition) is 5. The third kappa shape index (κ3) is 6.93. The van der Waals surface area contributed by atoms with E-state index in [9.17, 15) is 9.59 Å². The van der Waals surface area contributed by atoms with Crippen molar-refractivity contribution in [1.82, 2.24) is 0 Å². The van der Waals surface area contributed by atoms with Crippen molar-refractivity contribution in [3.05, 3.63) is 142 Å². The van der Waals surface area contributed by atoms with Crippen LogP contribution in [-0.4, -0.2) is 26.2 Å². The van der Waals surface area contributed by atoms with Crippen molar-refractivity contribution in [2.45, 2.75) is 26.1 Å². The first-order valence-electron chi connectivity index (χ1n) is 12.1. The van der Waals surface area contributed by atoms with E-state index in [-0.39, 0.29) is 11.9 Å². The Morgan fingerprint density at radius 1 is 0.514 bits per heavy atom.